The van der Waals surface area contributed by atoms with E-state index in [-0.39, 0.29) is 24.3 Å². The third-order valence-electron chi connectivity index (χ3n) is 3.99. The van der Waals surface area contributed by atoms with Gasteiger partial charge in [0.05, 0.1) is 12.3 Å². The fourth-order valence-corrected chi connectivity index (χ4v) is 2.33. The number of halogens is 2. The second-order valence-electron chi connectivity index (χ2n) is 6.09. The molecule has 0 aliphatic heterocycles. The first-order valence-electron chi connectivity index (χ1n) is 8.42. The summed E-state index contributed by atoms with van der Waals surface area (Å²) in [6, 6.07) is 11.8. The van der Waals surface area contributed by atoms with Gasteiger partial charge in [-0.05, 0) is 67.3 Å². The number of rotatable bonds is 8. The molecule has 0 saturated heterocycles. The zero-order valence-corrected chi connectivity index (χ0v) is 15.4. The first-order valence-corrected chi connectivity index (χ1v) is 8.42. The summed E-state index contributed by atoms with van der Waals surface area (Å²) < 4.78 is 28.4. The molecule has 0 aliphatic rings. The number of carbonyl (C=O) groups excluding carboxylic acids is 1. The van der Waals surface area contributed by atoms with E-state index in [0.29, 0.717) is 5.56 Å². The van der Waals surface area contributed by atoms with Crippen molar-refractivity contribution in [3.63, 3.8) is 0 Å². The highest BCUT2D eigenvalue weighted by Gasteiger charge is 2.10. The number of nitrogens with zero attached hydrogens (tertiary/aromatic N) is 1. The van der Waals surface area contributed by atoms with Gasteiger partial charge in [-0.1, -0.05) is 23.4 Å². The van der Waals surface area contributed by atoms with Crippen molar-refractivity contribution in [2.24, 2.45) is 5.16 Å². The fraction of sp³-hybridized carbons (Fsp3) is 0.300. The van der Waals surface area contributed by atoms with Crippen molar-refractivity contribution in [1.29, 1.82) is 0 Å². The molecule has 0 saturated carbocycles. The molecule has 0 bridgehead atoms. The monoisotopic (exact) mass is 376 g/mol. The Hall–Kier alpha value is -2.96. The minimum atomic E-state index is -2.86. The van der Waals surface area contributed by atoms with Gasteiger partial charge in [0.2, 0.25) is 0 Å². The van der Waals surface area contributed by atoms with Gasteiger partial charge >= 0.3 is 6.61 Å². The van der Waals surface area contributed by atoms with Crippen molar-refractivity contribution in [2.45, 2.75) is 33.4 Å². The van der Waals surface area contributed by atoms with Crippen LogP contribution in [0.1, 0.15) is 35.2 Å². The number of carbonyl (C=O) groups is 1. The molecular weight excluding hydrogens is 354 g/mol. The van der Waals surface area contributed by atoms with E-state index in [2.05, 4.69) is 15.2 Å². The van der Waals surface area contributed by atoms with Crippen molar-refractivity contribution >= 4 is 12.1 Å². The molecule has 144 valence electrons. The topological polar surface area (TPSA) is 59.9 Å². The molecule has 2 rings (SSSR count). The normalized spacial score (nSPS) is 12.2. The van der Waals surface area contributed by atoms with Gasteiger partial charge < -0.3 is 14.9 Å². The summed E-state index contributed by atoms with van der Waals surface area (Å²) in [7, 11) is 0. The van der Waals surface area contributed by atoms with Gasteiger partial charge in [-0.15, -0.1) is 0 Å². The van der Waals surface area contributed by atoms with E-state index in [1.807, 2.05) is 39.0 Å². The SMILES string of the molecule is Cc1ccc(C(C)NC(=O)CO/N=C/c2ccc(OC(F)F)cc2)cc1C. The van der Waals surface area contributed by atoms with Crippen molar-refractivity contribution in [1.82, 2.24) is 5.32 Å². The van der Waals surface area contributed by atoms with E-state index in [1.54, 1.807) is 12.1 Å². The summed E-state index contributed by atoms with van der Waals surface area (Å²) in [5.41, 5.74) is 4.00. The largest absolute Gasteiger partial charge is 0.435 e. The van der Waals surface area contributed by atoms with Crippen LogP contribution >= 0.6 is 0 Å². The van der Waals surface area contributed by atoms with Crippen LogP contribution in [0.4, 0.5) is 8.78 Å². The Balaban J connectivity index is 1.78. The van der Waals surface area contributed by atoms with Crippen LogP contribution < -0.4 is 10.1 Å². The van der Waals surface area contributed by atoms with Gasteiger partial charge in [-0.2, -0.15) is 8.78 Å². The zero-order chi connectivity index (χ0) is 19.8. The maximum absolute atomic E-state index is 12.1. The molecule has 0 aromatic heterocycles. The first-order chi connectivity index (χ1) is 12.8. The lowest BCUT2D eigenvalue weighted by Crippen LogP contribution is -2.29. The molecule has 0 aliphatic carbocycles. The van der Waals surface area contributed by atoms with Crippen LogP contribution in [-0.2, 0) is 9.63 Å². The highest BCUT2D eigenvalue weighted by Crippen LogP contribution is 2.17. The Kier molecular flexibility index (Phi) is 7.28. The van der Waals surface area contributed by atoms with Crippen LogP contribution in [-0.4, -0.2) is 25.3 Å². The zero-order valence-electron chi connectivity index (χ0n) is 15.4. The molecular formula is C20H22F2N2O3. The molecule has 1 amide bonds. The van der Waals surface area contributed by atoms with Crippen LogP contribution in [0.2, 0.25) is 0 Å². The summed E-state index contributed by atoms with van der Waals surface area (Å²) in [6.45, 7) is 2.87. The summed E-state index contributed by atoms with van der Waals surface area (Å²) in [4.78, 5) is 16.9. The number of hydrogen-bond donors (Lipinski definition) is 1. The summed E-state index contributed by atoms with van der Waals surface area (Å²) in [5, 5.41) is 6.54. The number of hydrogen-bond acceptors (Lipinski definition) is 4. The van der Waals surface area contributed by atoms with Crippen molar-refractivity contribution in [2.75, 3.05) is 6.61 Å². The number of amides is 1. The van der Waals surface area contributed by atoms with Crippen molar-refractivity contribution in [3.8, 4) is 5.75 Å². The Morgan fingerprint density at radius 3 is 2.48 bits per heavy atom. The number of oxime groups is 1. The van der Waals surface area contributed by atoms with E-state index in [4.69, 9.17) is 4.84 Å². The third kappa shape index (κ3) is 6.69. The molecule has 1 N–H and O–H groups in total. The highest BCUT2D eigenvalue weighted by atomic mass is 19.3. The third-order valence-corrected chi connectivity index (χ3v) is 3.99. The van der Waals surface area contributed by atoms with E-state index >= 15 is 0 Å². The van der Waals surface area contributed by atoms with Gasteiger partial charge in [0.25, 0.3) is 5.91 Å². The number of benzene rings is 2. The average molecular weight is 376 g/mol. The molecule has 5 nitrogen and oxygen atoms in total. The van der Waals surface area contributed by atoms with Crippen molar-refractivity contribution in [3.05, 3.63) is 64.7 Å². The van der Waals surface area contributed by atoms with Crippen LogP contribution in [0.5, 0.6) is 5.75 Å². The van der Waals surface area contributed by atoms with Gasteiger partial charge in [-0.3, -0.25) is 4.79 Å². The van der Waals surface area contributed by atoms with Gasteiger partial charge in [0.15, 0.2) is 6.61 Å². The second kappa shape index (κ2) is 9.66. The van der Waals surface area contributed by atoms with Crippen molar-refractivity contribution < 1.29 is 23.1 Å². The summed E-state index contributed by atoms with van der Waals surface area (Å²) in [6.07, 6.45) is 1.38. The molecule has 7 heteroatoms. The number of aryl methyl sites for hydroxylation is 2. The van der Waals surface area contributed by atoms with Gasteiger partial charge in [0.1, 0.15) is 5.75 Å². The van der Waals surface area contributed by atoms with E-state index in [9.17, 15) is 13.6 Å². The van der Waals surface area contributed by atoms with Crippen LogP contribution in [0, 0.1) is 13.8 Å². The Morgan fingerprint density at radius 1 is 1.15 bits per heavy atom. The number of nitrogens with one attached hydrogen (secondary N) is 1. The fourth-order valence-electron chi connectivity index (χ4n) is 2.33. The molecule has 27 heavy (non-hydrogen) atoms. The average Bonchev–Trinajstić information content (AvgIpc) is 2.62. The predicted octanol–water partition coefficient (Wildman–Crippen LogP) is 4.13. The molecule has 2 aromatic rings. The lowest BCUT2D eigenvalue weighted by atomic mass is 10.0. The number of ether oxygens (including phenoxy) is 1. The number of alkyl halides is 2. The van der Waals surface area contributed by atoms with Crippen LogP contribution in [0.15, 0.2) is 47.6 Å². The minimum Gasteiger partial charge on any atom is -0.435 e. The van der Waals surface area contributed by atoms with Crippen LogP contribution in [0.3, 0.4) is 0 Å². The predicted molar refractivity (Wildman–Crippen MR) is 99.1 cm³/mol. The van der Waals surface area contributed by atoms with Gasteiger partial charge in [-0.25, -0.2) is 0 Å². The second-order valence-corrected chi connectivity index (χ2v) is 6.09. The quantitative estimate of drug-likeness (QED) is 0.557. The Morgan fingerprint density at radius 2 is 1.85 bits per heavy atom. The molecule has 0 heterocycles. The molecule has 0 radical (unpaired) electrons. The van der Waals surface area contributed by atoms with Crippen LogP contribution in [0.25, 0.3) is 0 Å². The maximum atomic E-state index is 12.1. The summed E-state index contributed by atoms with van der Waals surface area (Å²) >= 11 is 0. The molecule has 1 unspecified atom stereocenters. The molecule has 1 atom stereocenters. The van der Waals surface area contributed by atoms with E-state index in [0.717, 1.165) is 5.56 Å². The Labute approximate surface area is 157 Å². The Bertz CT molecular complexity index is 792. The molecule has 0 spiro atoms. The van der Waals surface area contributed by atoms with Gasteiger partial charge in [0, 0.05) is 0 Å². The van der Waals surface area contributed by atoms with E-state index < -0.39 is 6.61 Å². The smallest absolute Gasteiger partial charge is 0.387 e. The van der Waals surface area contributed by atoms with E-state index in [1.165, 1.54) is 29.5 Å². The lowest BCUT2D eigenvalue weighted by Gasteiger charge is -2.15. The first kappa shape index (κ1) is 20.4. The summed E-state index contributed by atoms with van der Waals surface area (Å²) in [5.74, 6) is -0.235. The molecule has 0 fully saturated rings. The lowest BCUT2D eigenvalue weighted by molar-refractivity contribution is -0.126. The minimum absolute atomic E-state index is 0.0581. The molecule has 2 aromatic carbocycles. The maximum Gasteiger partial charge on any atom is 0.387 e. The standard InChI is InChI=1S/C20H22F2N2O3/c1-13-4-7-17(10-14(13)2)15(3)24-19(25)12-26-23-11-16-5-8-18(9-6-16)27-20(21)22/h4-11,15,20H,12H2,1-3H3,(H,24,25)/b23-11+. The highest BCUT2D eigenvalue weighted by molar-refractivity contribution is 5.80.